The summed E-state index contributed by atoms with van der Waals surface area (Å²) in [5.74, 6) is 1.23. The molecule has 3 aromatic rings. The summed E-state index contributed by atoms with van der Waals surface area (Å²) in [5, 5.41) is 1.08. The molecule has 1 unspecified atom stereocenters. The summed E-state index contributed by atoms with van der Waals surface area (Å²) in [5.41, 5.74) is 1.86. The third-order valence-corrected chi connectivity index (χ3v) is 4.33. The van der Waals surface area contributed by atoms with Gasteiger partial charge in [-0.2, -0.15) is 0 Å². The standard InChI is InChI=1S/C24H26O5/c1-3-26-23(24(25)27-4-2)16-18-11-13-20(14-12-18)28-15-7-9-21-17-19-8-5-6-10-22(19)29-21/h5-14,17,23H,3-4,15-16H2,1-2H3. The predicted molar refractivity (Wildman–Crippen MR) is 113 cm³/mol. The Morgan fingerprint density at radius 3 is 2.59 bits per heavy atom. The topological polar surface area (TPSA) is 57.9 Å². The minimum absolute atomic E-state index is 0.328. The molecule has 1 aromatic heterocycles. The van der Waals surface area contributed by atoms with Crippen molar-refractivity contribution in [3.63, 3.8) is 0 Å². The third-order valence-electron chi connectivity index (χ3n) is 4.33. The zero-order chi connectivity index (χ0) is 20.5. The molecule has 0 fully saturated rings. The highest BCUT2D eigenvalue weighted by Crippen LogP contribution is 2.20. The minimum atomic E-state index is -0.585. The van der Waals surface area contributed by atoms with Crippen molar-refractivity contribution in [2.24, 2.45) is 0 Å². The van der Waals surface area contributed by atoms with Gasteiger partial charge in [-0.3, -0.25) is 0 Å². The second-order valence-electron chi connectivity index (χ2n) is 6.44. The molecule has 0 bridgehead atoms. The van der Waals surface area contributed by atoms with Crippen LogP contribution < -0.4 is 4.74 Å². The van der Waals surface area contributed by atoms with Crippen LogP contribution in [0, 0.1) is 0 Å². The lowest BCUT2D eigenvalue weighted by atomic mass is 10.1. The number of ether oxygens (including phenoxy) is 3. The van der Waals surface area contributed by atoms with E-state index in [1.54, 1.807) is 6.92 Å². The largest absolute Gasteiger partial charge is 0.490 e. The lowest BCUT2D eigenvalue weighted by Gasteiger charge is -2.15. The smallest absolute Gasteiger partial charge is 0.335 e. The van der Waals surface area contributed by atoms with E-state index in [1.807, 2.05) is 73.7 Å². The monoisotopic (exact) mass is 394 g/mol. The van der Waals surface area contributed by atoms with E-state index in [-0.39, 0.29) is 5.97 Å². The molecule has 5 nitrogen and oxygen atoms in total. The van der Waals surface area contributed by atoms with Crippen LogP contribution in [0.4, 0.5) is 0 Å². The van der Waals surface area contributed by atoms with Crippen molar-refractivity contribution in [3.05, 3.63) is 72.0 Å². The van der Waals surface area contributed by atoms with Gasteiger partial charge in [0.1, 0.15) is 23.7 Å². The first-order valence-corrected chi connectivity index (χ1v) is 9.84. The molecule has 2 aromatic carbocycles. The molecule has 3 rings (SSSR count). The second-order valence-corrected chi connectivity index (χ2v) is 6.44. The Kier molecular flexibility index (Phi) is 7.47. The van der Waals surface area contributed by atoms with E-state index < -0.39 is 6.10 Å². The maximum absolute atomic E-state index is 12.0. The summed E-state index contributed by atoms with van der Waals surface area (Å²) in [6.45, 7) is 4.89. The number of benzene rings is 2. The predicted octanol–water partition coefficient (Wildman–Crippen LogP) is 5.04. The third kappa shape index (κ3) is 5.96. The first kappa shape index (κ1) is 20.7. The zero-order valence-corrected chi connectivity index (χ0v) is 16.8. The Bertz CT molecular complexity index is 906. The Morgan fingerprint density at radius 2 is 1.86 bits per heavy atom. The van der Waals surface area contributed by atoms with Crippen LogP contribution in [0.15, 0.2) is 65.1 Å². The van der Waals surface area contributed by atoms with E-state index in [4.69, 9.17) is 18.6 Å². The molecule has 0 N–H and O–H groups in total. The molecule has 0 saturated heterocycles. The summed E-state index contributed by atoms with van der Waals surface area (Å²) in [7, 11) is 0. The molecular formula is C24H26O5. The van der Waals surface area contributed by atoms with E-state index in [2.05, 4.69) is 0 Å². The molecule has 29 heavy (non-hydrogen) atoms. The number of rotatable bonds is 10. The molecule has 0 aliphatic rings. The second kappa shape index (κ2) is 10.5. The van der Waals surface area contributed by atoms with Crippen LogP contribution in [0.5, 0.6) is 5.75 Å². The Labute approximate surface area is 170 Å². The Balaban J connectivity index is 1.51. The zero-order valence-electron chi connectivity index (χ0n) is 16.8. The molecule has 1 heterocycles. The van der Waals surface area contributed by atoms with Gasteiger partial charge in [-0.1, -0.05) is 30.3 Å². The molecular weight excluding hydrogens is 368 g/mol. The maximum Gasteiger partial charge on any atom is 0.335 e. The highest BCUT2D eigenvalue weighted by Gasteiger charge is 2.20. The first-order valence-electron chi connectivity index (χ1n) is 9.84. The normalized spacial score (nSPS) is 12.3. The van der Waals surface area contributed by atoms with E-state index in [9.17, 15) is 4.79 Å². The molecule has 152 valence electrons. The van der Waals surface area contributed by atoms with Crippen molar-refractivity contribution < 1.29 is 23.4 Å². The van der Waals surface area contributed by atoms with Crippen molar-refractivity contribution in [1.29, 1.82) is 0 Å². The molecule has 0 saturated carbocycles. The van der Waals surface area contributed by atoms with Crippen molar-refractivity contribution in [2.45, 2.75) is 26.4 Å². The fourth-order valence-electron chi connectivity index (χ4n) is 2.98. The van der Waals surface area contributed by atoms with Crippen LogP contribution >= 0.6 is 0 Å². The molecule has 0 aliphatic heterocycles. The van der Waals surface area contributed by atoms with Gasteiger partial charge in [0.2, 0.25) is 0 Å². The van der Waals surface area contributed by atoms with Gasteiger partial charge in [0.15, 0.2) is 6.10 Å². The highest BCUT2D eigenvalue weighted by molar-refractivity contribution is 5.79. The van der Waals surface area contributed by atoms with Crippen molar-refractivity contribution in [1.82, 2.24) is 0 Å². The average Bonchev–Trinajstić information content (AvgIpc) is 3.15. The number of para-hydroxylation sites is 1. The fraction of sp³-hybridized carbons (Fsp3) is 0.292. The number of fused-ring (bicyclic) bond motifs is 1. The lowest BCUT2D eigenvalue weighted by Crippen LogP contribution is -2.28. The van der Waals surface area contributed by atoms with Gasteiger partial charge >= 0.3 is 5.97 Å². The average molecular weight is 394 g/mol. The molecule has 0 radical (unpaired) electrons. The van der Waals surface area contributed by atoms with Gasteiger partial charge < -0.3 is 18.6 Å². The number of esters is 1. The Hall–Kier alpha value is -3.05. The van der Waals surface area contributed by atoms with Gasteiger partial charge in [0.25, 0.3) is 0 Å². The number of hydrogen-bond donors (Lipinski definition) is 0. The van der Waals surface area contributed by atoms with Gasteiger partial charge in [-0.05, 0) is 55.8 Å². The van der Waals surface area contributed by atoms with Crippen molar-refractivity contribution in [3.8, 4) is 5.75 Å². The summed E-state index contributed by atoms with van der Waals surface area (Å²) >= 11 is 0. The summed E-state index contributed by atoms with van der Waals surface area (Å²) in [6.07, 6.45) is 3.70. The van der Waals surface area contributed by atoms with E-state index in [1.165, 1.54) is 0 Å². The lowest BCUT2D eigenvalue weighted by molar-refractivity contribution is -0.156. The first-order chi connectivity index (χ1) is 14.2. The molecule has 5 heteroatoms. The van der Waals surface area contributed by atoms with E-state index in [0.717, 1.165) is 28.0 Å². The molecule has 0 spiro atoms. The number of hydrogen-bond acceptors (Lipinski definition) is 5. The minimum Gasteiger partial charge on any atom is -0.490 e. The van der Waals surface area contributed by atoms with Crippen LogP contribution in [0.25, 0.3) is 17.0 Å². The van der Waals surface area contributed by atoms with Gasteiger partial charge in [-0.15, -0.1) is 0 Å². The highest BCUT2D eigenvalue weighted by atomic mass is 16.6. The van der Waals surface area contributed by atoms with Crippen LogP contribution in [-0.4, -0.2) is 31.9 Å². The summed E-state index contributed by atoms with van der Waals surface area (Å²) in [4.78, 5) is 12.0. The molecule has 0 amide bonds. The van der Waals surface area contributed by atoms with Gasteiger partial charge in [0.05, 0.1) is 6.61 Å². The van der Waals surface area contributed by atoms with Gasteiger partial charge in [0, 0.05) is 18.4 Å². The van der Waals surface area contributed by atoms with Crippen LogP contribution in [0.1, 0.15) is 25.2 Å². The number of carbonyl (C=O) groups excluding carboxylic acids is 1. The quantitative estimate of drug-likeness (QED) is 0.451. The SMILES string of the molecule is CCOC(=O)C(Cc1ccc(OCC=Cc2cc3ccccc3o2)cc1)OCC. The van der Waals surface area contributed by atoms with Gasteiger partial charge in [-0.25, -0.2) is 4.79 Å². The Morgan fingerprint density at radius 1 is 1.07 bits per heavy atom. The summed E-state index contributed by atoms with van der Waals surface area (Å²) in [6, 6.07) is 17.6. The molecule has 1 atom stereocenters. The van der Waals surface area contributed by atoms with Crippen molar-refractivity contribution in [2.75, 3.05) is 19.8 Å². The van der Waals surface area contributed by atoms with Crippen LogP contribution in [0.3, 0.4) is 0 Å². The van der Waals surface area contributed by atoms with Crippen LogP contribution in [0.2, 0.25) is 0 Å². The van der Waals surface area contributed by atoms with E-state index >= 15 is 0 Å². The van der Waals surface area contributed by atoms with E-state index in [0.29, 0.717) is 26.2 Å². The summed E-state index contributed by atoms with van der Waals surface area (Å²) < 4.78 is 22.1. The maximum atomic E-state index is 12.0. The number of furan rings is 1. The fourth-order valence-corrected chi connectivity index (χ4v) is 2.98. The molecule has 0 aliphatic carbocycles. The van der Waals surface area contributed by atoms with Crippen molar-refractivity contribution >= 4 is 23.0 Å². The number of carbonyl (C=O) groups is 1. The van der Waals surface area contributed by atoms with Crippen LogP contribution in [-0.2, 0) is 20.7 Å².